The van der Waals surface area contributed by atoms with Crippen LogP contribution in [0.5, 0.6) is 0 Å². The number of carbonyl (C=O) groups is 1. The fourth-order valence-corrected chi connectivity index (χ4v) is 10.0. The van der Waals surface area contributed by atoms with E-state index >= 15 is 0 Å². The number of hydrogen-bond acceptors (Lipinski definition) is 4. The number of carbonyl (C=O) groups excluding carboxylic acids is 1. The Morgan fingerprint density at radius 1 is 0.973 bits per heavy atom. The summed E-state index contributed by atoms with van der Waals surface area (Å²) in [6.45, 7) is 9.11. The number of hydrogen-bond donors (Lipinski definition) is 1. The molecule has 4 aliphatic carbocycles. The van der Waals surface area contributed by atoms with E-state index in [4.69, 9.17) is 4.55 Å². The van der Waals surface area contributed by atoms with Crippen LogP contribution < -0.4 is 0 Å². The summed E-state index contributed by atoms with van der Waals surface area (Å²) >= 11 is 0. The van der Waals surface area contributed by atoms with Gasteiger partial charge in [0.25, 0.3) is 0 Å². The molecule has 37 heavy (non-hydrogen) atoms. The van der Waals surface area contributed by atoms with Crippen molar-refractivity contribution < 1.29 is 31.3 Å². The highest BCUT2D eigenvalue weighted by molar-refractivity contribution is 7.87. The lowest BCUT2D eigenvalue weighted by atomic mass is 9.44. The van der Waals surface area contributed by atoms with Crippen LogP contribution in [0.25, 0.3) is 0 Å². The average Bonchev–Trinajstić information content (AvgIpc) is 3.18. The normalized spacial score (nSPS) is 39.7. The molecule has 0 amide bonds. The van der Waals surface area contributed by atoms with E-state index in [2.05, 4.69) is 25.5 Å². The third kappa shape index (κ3) is 5.36. The van der Waals surface area contributed by atoms with Crippen molar-refractivity contribution in [3.63, 3.8) is 0 Å². The van der Waals surface area contributed by atoms with Crippen molar-refractivity contribution in [2.24, 2.45) is 52.3 Å². The van der Waals surface area contributed by atoms with Gasteiger partial charge in [0.05, 0.1) is 6.61 Å². The molecule has 0 radical (unpaired) electrons. The van der Waals surface area contributed by atoms with Gasteiger partial charge >= 0.3 is 21.3 Å². The highest BCUT2D eigenvalue weighted by Gasteiger charge is 2.60. The number of esters is 1. The lowest BCUT2D eigenvalue weighted by molar-refractivity contribution is -0.162. The van der Waals surface area contributed by atoms with Crippen LogP contribution in [0.3, 0.4) is 0 Å². The van der Waals surface area contributed by atoms with Crippen LogP contribution in [0.2, 0.25) is 0 Å². The Hall–Kier alpha value is -0.760. The molecule has 4 rings (SSSR count). The smallest absolute Gasteiger partial charge is 0.460 e. The predicted octanol–water partition coefficient (Wildman–Crippen LogP) is 7.50. The van der Waals surface area contributed by atoms with Gasteiger partial charge in [0.2, 0.25) is 0 Å². The summed E-state index contributed by atoms with van der Waals surface area (Å²) in [5.41, 5.74) is 0.984. The largest absolute Gasteiger partial charge is 0.465 e. The summed E-state index contributed by atoms with van der Waals surface area (Å²) in [6, 6.07) is 0. The first-order valence-corrected chi connectivity index (χ1v) is 16.2. The van der Waals surface area contributed by atoms with Crippen molar-refractivity contribution >= 4 is 16.1 Å². The zero-order valence-corrected chi connectivity index (χ0v) is 24.0. The summed E-state index contributed by atoms with van der Waals surface area (Å²) in [5.74, 6) is 2.53. The quantitative estimate of drug-likeness (QED) is 0.239. The van der Waals surface area contributed by atoms with Crippen LogP contribution in [-0.4, -0.2) is 30.8 Å². The first-order chi connectivity index (χ1) is 17.2. The molecule has 0 aromatic rings. The lowest BCUT2D eigenvalue weighted by Crippen LogP contribution is -2.53. The molecule has 1 N–H and O–H groups in total. The molecule has 0 bridgehead atoms. The molecule has 214 valence electrons. The topological polar surface area (TPSA) is 80.7 Å². The summed E-state index contributed by atoms with van der Waals surface area (Å²) in [5, 5.41) is -4.93. The van der Waals surface area contributed by atoms with Gasteiger partial charge in [0.1, 0.15) is 0 Å². The Labute approximate surface area is 222 Å². The van der Waals surface area contributed by atoms with E-state index < -0.39 is 21.3 Å². The lowest BCUT2D eigenvalue weighted by Gasteiger charge is -2.61. The van der Waals surface area contributed by atoms with Crippen LogP contribution >= 0.6 is 0 Å². The van der Waals surface area contributed by atoms with Crippen molar-refractivity contribution in [1.29, 1.82) is 0 Å². The van der Waals surface area contributed by atoms with E-state index in [0.717, 1.165) is 42.4 Å². The second-order valence-electron chi connectivity index (χ2n) is 13.7. The van der Waals surface area contributed by atoms with Crippen LogP contribution in [0, 0.1) is 52.3 Å². The van der Waals surface area contributed by atoms with E-state index in [1.807, 2.05) is 0 Å². The predicted molar refractivity (Wildman–Crippen MR) is 139 cm³/mol. The summed E-state index contributed by atoms with van der Waals surface area (Å²) < 4.78 is 61.2. The molecular weight excluding hydrogens is 498 g/mol. The van der Waals surface area contributed by atoms with Gasteiger partial charge < -0.3 is 4.74 Å². The minimum atomic E-state index is -5.83. The van der Waals surface area contributed by atoms with Gasteiger partial charge in [-0.2, -0.15) is 17.2 Å². The summed E-state index contributed by atoms with van der Waals surface area (Å²) in [6.07, 6.45) is 16.7. The van der Waals surface area contributed by atoms with Crippen molar-refractivity contribution in [2.75, 3.05) is 6.61 Å². The van der Waals surface area contributed by atoms with Crippen LogP contribution in [-0.2, 0) is 19.6 Å². The molecule has 2 unspecified atom stereocenters. The molecule has 0 aliphatic heterocycles. The Bertz CT molecular complexity index is 939. The molecular formula is C29H48F2O5S. The van der Waals surface area contributed by atoms with E-state index in [1.165, 1.54) is 64.2 Å². The monoisotopic (exact) mass is 546 g/mol. The van der Waals surface area contributed by atoms with Crippen molar-refractivity contribution in [1.82, 2.24) is 0 Å². The maximum atomic E-state index is 13.4. The first-order valence-electron chi connectivity index (χ1n) is 14.7. The number of fused-ring (bicyclic) bond motifs is 5. The Balaban J connectivity index is 1.27. The SMILES string of the molecule is CC(CCC[C@@H](C)[C@H]1CC[C@H]2[C@@H]3CCC4CCCC[C@]4(C)[C@H]3CC[C@]12C)COC(=O)C(F)(F)S(=O)(=O)O. The van der Waals surface area contributed by atoms with Gasteiger partial charge in [-0.3, -0.25) is 4.55 Å². The highest BCUT2D eigenvalue weighted by Crippen LogP contribution is 2.68. The molecule has 4 saturated carbocycles. The fraction of sp³-hybridized carbons (Fsp3) is 0.966. The van der Waals surface area contributed by atoms with Crippen LogP contribution in [0.1, 0.15) is 111 Å². The van der Waals surface area contributed by atoms with E-state index in [-0.39, 0.29) is 12.5 Å². The zero-order chi connectivity index (χ0) is 27.2. The minimum Gasteiger partial charge on any atom is -0.460 e. The van der Waals surface area contributed by atoms with Gasteiger partial charge in [-0.05, 0) is 110 Å². The molecule has 0 saturated heterocycles. The zero-order valence-electron chi connectivity index (χ0n) is 23.2. The number of halogens is 2. The second kappa shape index (κ2) is 10.7. The molecule has 8 heteroatoms. The van der Waals surface area contributed by atoms with Gasteiger partial charge in [0, 0.05) is 0 Å². The minimum absolute atomic E-state index is 0.165. The van der Waals surface area contributed by atoms with Crippen molar-refractivity contribution in [2.45, 2.75) is 116 Å². The third-order valence-corrected chi connectivity index (χ3v) is 12.6. The molecule has 0 heterocycles. The first kappa shape index (κ1) is 29.2. The van der Waals surface area contributed by atoms with E-state index in [0.29, 0.717) is 23.2 Å². The third-order valence-electron chi connectivity index (χ3n) is 11.8. The molecule has 0 spiro atoms. The average molecular weight is 547 g/mol. The second-order valence-corrected chi connectivity index (χ2v) is 15.2. The van der Waals surface area contributed by atoms with E-state index in [9.17, 15) is 22.0 Å². The Morgan fingerprint density at radius 2 is 1.68 bits per heavy atom. The molecule has 0 aromatic carbocycles. The van der Waals surface area contributed by atoms with Crippen molar-refractivity contribution in [3.8, 4) is 0 Å². The Morgan fingerprint density at radius 3 is 2.38 bits per heavy atom. The van der Waals surface area contributed by atoms with Crippen LogP contribution in [0.4, 0.5) is 8.78 Å². The fourth-order valence-electron chi connectivity index (χ4n) is 9.75. The molecule has 9 atom stereocenters. The highest BCUT2D eigenvalue weighted by atomic mass is 32.2. The summed E-state index contributed by atoms with van der Waals surface area (Å²) in [4.78, 5) is 11.4. The maximum Gasteiger partial charge on any atom is 0.465 e. The standard InChI is InChI=1S/C29H48F2O5S/c1-19(18-36-26(32)29(30,31)37(33,34)35)8-7-9-20(2)23-13-14-24-22-12-11-21-10-5-6-16-27(21,3)25(22)15-17-28(23,24)4/h19-25H,5-18H2,1-4H3,(H,33,34,35)/t19?,20-,21?,22+,23-,24+,25+,27+,28-/m1/s1. The van der Waals surface area contributed by atoms with Gasteiger partial charge in [-0.15, -0.1) is 0 Å². The van der Waals surface area contributed by atoms with Gasteiger partial charge in [-0.1, -0.05) is 53.4 Å². The Kier molecular flexibility index (Phi) is 8.42. The number of alkyl halides is 2. The van der Waals surface area contributed by atoms with Crippen LogP contribution in [0.15, 0.2) is 0 Å². The molecule has 0 aromatic heterocycles. The summed E-state index contributed by atoms with van der Waals surface area (Å²) in [7, 11) is -5.83. The van der Waals surface area contributed by atoms with Gasteiger partial charge in [-0.25, -0.2) is 4.79 Å². The number of rotatable bonds is 9. The van der Waals surface area contributed by atoms with Crippen molar-refractivity contribution in [3.05, 3.63) is 0 Å². The number of ether oxygens (including phenoxy) is 1. The van der Waals surface area contributed by atoms with Gasteiger partial charge in [0.15, 0.2) is 0 Å². The maximum absolute atomic E-state index is 13.4. The van der Waals surface area contributed by atoms with E-state index in [1.54, 1.807) is 6.92 Å². The molecule has 4 aliphatic rings. The molecule has 5 nitrogen and oxygen atoms in total. The molecule has 4 fully saturated rings.